The van der Waals surface area contributed by atoms with E-state index in [2.05, 4.69) is 6.58 Å². The van der Waals surface area contributed by atoms with Crippen molar-refractivity contribution in [2.75, 3.05) is 20.8 Å². The van der Waals surface area contributed by atoms with Gasteiger partial charge in [0, 0.05) is 6.08 Å². The molecule has 156 valence electrons. The molecule has 0 aromatic heterocycles. The molecule has 0 radical (unpaired) electrons. The number of aliphatic hydroxyl groups excluding tert-OH is 1. The van der Waals surface area contributed by atoms with Gasteiger partial charge in [-0.2, -0.15) is 0 Å². The van der Waals surface area contributed by atoms with Gasteiger partial charge < -0.3 is 24.4 Å². The predicted molar refractivity (Wildman–Crippen MR) is 117 cm³/mol. The van der Waals surface area contributed by atoms with E-state index in [1.807, 2.05) is 0 Å². The summed E-state index contributed by atoms with van der Waals surface area (Å²) in [4.78, 5) is 12.1. The lowest BCUT2D eigenvalue weighted by molar-refractivity contribution is -0.110. The van der Waals surface area contributed by atoms with E-state index in [-0.39, 0.29) is 17.3 Å². The Kier molecular flexibility index (Phi) is 8.32. The predicted octanol–water partition coefficient (Wildman–Crippen LogP) is 4.71. The smallest absolute Gasteiger partial charge is 0.182 e. The molecular weight excluding hydrogens is 384 g/mol. The van der Waals surface area contributed by atoms with Crippen molar-refractivity contribution in [2.45, 2.75) is 0 Å². The Morgan fingerprint density at radius 1 is 0.967 bits per heavy atom. The molecule has 0 saturated carbocycles. The number of phenols is 1. The van der Waals surface area contributed by atoms with Crippen LogP contribution in [0.25, 0.3) is 12.2 Å². The third-order valence-corrected chi connectivity index (χ3v) is 3.92. The van der Waals surface area contributed by atoms with Crippen LogP contribution in [0.4, 0.5) is 0 Å². The van der Waals surface area contributed by atoms with E-state index in [9.17, 15) is 15.0 Å². The van der Waals surface area contributed by atoms with Crippen molar-refractivity contribution in [3.63, 3.8) is 0 Å². The SMILES string of the molecule is C=CCOc1ccc(/C=C/C(=O)/C=C(O)/C=C/c2ccc(O)c(OC)c2)cc1OC. The average molecular weight is 408 g/mol. The van der Waals surface area contributed by atoms with Crippen LogP contribution in [-0.4, -0.2) is 36.8 Å². The molecule has 0 aliphatic heterocycles. The molecule has 6 heteroatoms. The summed E-state index contributed by atoms with van der Waals surface area (Å²) in [7, 11) is 2.98. The number of aliphatic hydroxyl groups is 1. The zero-order valence-electron chi connectivity index (χ0n) is 16.9. The van der Waals surface area contributed by atoms with Gasteiger partial charge in [-0.05, 0) is 47.5 Å². The Hall–Kier alpha value is -3.93. The minimum absolute atomic E-state index is 0.0201. The zero-order valence-corrected chi connectivity index (χ0v) is 16.9. The molecule has 0 aliphatic rings. The van der Waals surface area contributed by atoms with Gasteiger partial charge in [-0.15, -0.1) is 0 Å². The first-order chi connectivity index (χ1) is 14.5. The second-order valence-corrected chi connectivity index (χ2v) is 6.08. The Balaban J connectivity index is 2.05. The van der Waals surface area contributed by atoms with Crippen LogP contribution in [0.2, 0.25) is 0 Å². The molecule has 0 saturated heterocycles. The van der Waals surface area contributed by atoms with Crippen molar-refractivity contribution >= 4 is 17.9 Å². The number of aromatic hydroxyl groups is 1. The number of hydrogen-bond donors (Lipinski definition) is 2. The number of phenolic OH excluding ortho intramolecular Hbond substituents is 1. The fraction of sp³-hybridized carbons (Fsp3) is 0.125. The molecule has 0 heterocycles. The maximum atomic E-state index is 12.1. The Bertz CT molecular complexity index is 985. The number of hydrogen-bond acceptors (Lipinski definition) is 6. The highest BCUT2D eigenvalue weighted by Crippen LogP contribution is 2.29. The van der Waals surface area contributed by atoms with Gasteiger partial charge in [-0.3, -0.25) is 4.79 Å². The van der Waals surface area contributed by atoms with E-state index in [1.54, 1.807) is 48.6 Å². The van der Waals surface area contributed by atoms with Gasteiger partial charge in [0.2, 0.25) is 0 Å². The summed E-state index contributed by atoms with van der Waals surface area (Å²) in [6.45, 7) is 3.96. The maximum Gasteiger partial charge on any atom is 0.182 e. The van der Waals surface area contributed by atoms with E-state index in [1.165, 1.54) is 32.4 Å². The first kappa shape index (κ1) is 22.4. The van der Waals surface area contributed by atoms with Crippen molar-refractivity contribution in [2.24, 2.45) is 0 Å². The molecule has 2 aromatic rings. The third kappa shape index (κ3) is 6.60. The molecule has 6 nitrogen and oxygen atoms in total. The summed E-state index contributed by atoms with van der Waals surface area (Å²) in [5.74, 6) is 0.864. The molecule has 0 amide bonds. The first-order valence-electron chi connectivity index (χ1n) is 9.06. The van der Waals surface area contributed by atoms with Gasteiger partial charge in [0.05, 0.1) is 14.2 Å². The number of carbonyl (C=O) groups is 1. The lowest BCUT2D eigenvalue weighted by Gasteiger charge is -2.09. The lowest BCUT2D eigenvalue weighted by atomic mass is 10.1. The fourth-order valence-corrected chi connectivity index (χ4v) is 2.46. The summed E-state index contributed by atoms with van der Waals surface area (Å²) in [5.41, 5.74) is 1.43. The Labute approximate surface area is 175 Å². The molecular formula is C24H24O6. The molecule has 2 aromatic carbocycles. The van der Waals surface area contributed by atoms with Crippen molar-refractivity contribution in [1.29, 1.82) is 0 Å². The van der Waals surface area contributed by atoms with Gasteiger partial charge in [-0.1, -0.05) is 36.9 Å². The summed E-state index contributed by atoms with van der Waals surface area (Å²) in [6, 6.07) is 10.0. The minimum Gasteiger partial charge on any atom is -0.508 e. The van der Waals surface area contributed by atoms with Gasteiger partial charge in [0.1, 0.15) is 12.4 Å². The summed E-state index contributed by atoms with van der Waals surface area (Å²) in [6.07, 6.45) is 8.66. The largest absolute Gasteiger partial charge is 0.508 e. The van der Waals surface area contributed by atoms with E-state index >= 15 is 0 Å². The molecule has 0 unspecified atom stereocenters. The minimum atomic E-state index is -0.383. The number of benzene rings is 2. The summed E-state index contributed by atoms with van der Waals surface area (Å²) >= 11 is 0. The second-order valence-electron chi connectivity index (χ2n) is 6.08. The molecule has 0 fully saturated rings. The van der Waals surface area contributed by atoms with E-state index in [4.69, 9.17) is 14.2 Å². The number of methoxy groups -OCH3 is 2. The van der Waals surface area contributed by atoms with Crippen LogP contribution in [0.3, 0.4) is 0 Å². The van der Waals surface area contributed by atoms with Crippen LogP contribution in [0.15, 0.2) is 73.0 Å². The topological polar surface area (TPSA) is 85.2 Å². The number of rotatable bonds is 10. The van der Waals surface area contributed by atoms with Crippen LogP contribution >= 0.6 is 0 Å². The number of allylic oxidation sites excluding steroid dienone is 3. The van der Waals surface area contributed by atoms with Crippen molar-refractivity contribution in [1.82, 2.24) is 0 Å². The summed E-state index contributed by atoms with van der Waals surface area (Å²) < 4.78 is 15.8. The van der Waals surface area contributed by atoms with Gasteiger partial charge >= 0.3 is 0 Å². The highest BCUT2D eigenvalue weighted by atomic mass is 16.5. The standard InChI is InChI=1S/C24H24O6/c1-4-13-30-22-12-8-18(15-24(22)29-3)6-10-20(26)16-19(25)9-5-17-7-11-21(27)23(14-17)28-2/h4-12,14-16,25,27H,1,13H2,2-3H3/b9-5+,10-6+,19-16-. The lowest BCUT2D eigenvalue weighted by Crippen LogP contribution is -1.96. The van der Waals surface area contributed by atoms with Gasteiger partial charge in [0.25, 0.3) is 0 Å². The van der Waals surface area contributed by atoms with Crippen molar-refractivity contribution in [3.8, 4) is 23.0 Å². The van der Waals surface area contributed by atoms with Crippen LogP contribution in [0.5, 0.6) is 23.0 Å². The summed E-state index contributed by atoms with van der Waals surface area (Å²) in [5, 5.41) is 19.5. The van der Waals surface area contributed by atoms with E-state index in [0.717, 1.165) is 11.6 Å². The van der Waals surface area contributed by atoms with E-state index < -0.39 is 0 Å². The number of ketones is 1. The zero-order chi connectivity index (χ0) is 21.9. The molecule has 0 bridgehead atoms. The van der Waals surface area contributed by atoms with Crippen LogP contribution in [0.1, 0.15) is 11.1 Å². The molecule has 2 N–H and O–H groups in total. The highest BCUT2D eigenvalue weighted by Gasteiger charge is 2.04. The van der Waals surface area contributed by atoms with Gasteiger partial charge in [0.15, 0.2) is 28.8 Å². The normalized spacial score (nSPS) is 11.6. The fourth-order valence-electron chi connectivity index (χ4n) is 2.46. The van der Waals surface area contributed by atoms with Crippen molar-refractivity contribution in [3.05, 3.63) is 84.2 Å². The first-order valence-corrected chi connectivity index (χ1v) is 9.06. The van der Waals surface area contributed by atoms with E-state index in [0.29, 0.717) is 29.4 Å². The highest BCUT2D eigenvalue weighted by molar-refractivity contribution is 6.02. The average Bonchev–Trinajstić information content (AvgIpc) is 2.75. The third-order valence-electron chi connectivity index (χ3n) is 3.92. The molecule has 0 aliphatic carbocycles. The molecule has 0 spiro atoms. The maximum absolute atomic E-state index is 12.1. The number of ether oxygens (including phenoxy) is 3. The monoisotopic (exact) mass is 408 g/mol. The van der Waals surface area contributed by atoms with Crippen LogP contribution in [0, 0.1) is 0 Å². The molecule has 0 atom stereocenters. The number of carbonyl (C=O) groups excluding carboxylic acids is 1. The Morgan fingerprint density at radius 2 is 1.60 bits per heavy atom. The van der Waals surface area contributed by atoms with Crippen LogP contribution < -0.4 is 14.2 Å². The van der Waals surface area contributed by atoms with Crippen molar-refractivity contribution < 1.29 is 29.2 Å². The van der Waals surface area contributed by atoms with Gasteiger partial charge in [-0.25, -0.2) is 0 Å². The van der Waals surface area contributed by atoms with Crippen LogP contribution in [-0.2, 0) is 4.79 Å². The molecule has 2 rings (SSSR count). The second kappa shape index (κ2) is 11.2. The Morgan fingerprint density at radius 3 is 2.27 bits per heavy atom. The molecule has 30 heavy (non-hydrogen) atoms. The quantitative estimate of drug-likeness (QED) is 0.256.